The van der Waals surface area contributed by atoms with Crippen LogP contribution in [0.15, 0.2) is 90.3 Å². The Morgan fingerprint density at radius 1 is 0.900 bits per heavy atom. The van der Waals surface area contributed by atoms with Gasteiger partial charge in [-0.3, -0.25) is 14.3 Å². The van der Waals surface area contributed by atoms with E-state index in [9.17, 15) is 4.79 Å². The van der Waals surface area contributed by atoms with Crippen molar-refractivity contribution in [2.75, 3.05) is 5.32 Å². The van der Waals surface area contributed by atoms with Crippen LogP contribution in [0.25, 0.3) is 11.0 Å². The Morgan fingerprint density at radius 3 is 2.53 bits per heavy atom. The molecule has 1 aliphatic carbocycles. The van der Waals surface area contributed by atoms with E-state index in [2.05, 4.69) is 33.1 Å². The highest BCUT2D eigenvalue weighted by atomic mass is 16.1. The number of Topliss-reactive ketones (excluding diaryl/α,β-unsaturated/α-hetero) is 1. The summed E-state index contributed by atoms with van der Waals surface area (Å²) in [6, 6.07) is 24.0. The van der Waals surface area contributed by atoms with Crippen LogP contribution in [-0.4, -0.2) is 20.3 Å². The topological polar surface area (TPSA) is 59.8 Å². The number of fused-ring (bicyclic) bond motifs is 3. The Balaban J connectivity index is 1.54. The van der Waals surface area contributed by atoms with Crippen molar-refractivity contribution >= 4 is 22.8 Å². The fourth-order valence-electron chi connectivity index (χ4n) is 4.80. The summed E-state index contributed by atoms with van der Waals surface area (Å²) < 4.78 is 2.12. The van der Waals surface area contributed by atoms with Crippen LogP contribution in [0, 0.1) is 0 Å². The van der Waals surface area contributed by atoms with Gasteiger partial charge in [0, 0.05) is 23.9 Å². The Bertz CT molecular complexity index is 1290. The van der Waals surface area contributed by atoms with Gasteiger partial charge in [0.2, 0.25) is 5.95 Å². The molecule has 6 rings (SSSR count). The second-order valence-electron chi connectivity index (χ2n) is 7.91. The number of carbonyl (C=O) groups is 1. The number of benzene rings is 2. The van der Waals surface area contributed by atoms with E-state index in [1.54, 1.807) is 6.20 Å². The van der Waals surface area contributed by atoms with Crippen molar-refractivity contribution in [3.8, 4) is 0 Å². The van der Waals surface area contributed by atoms with Gasteiger partial charge >= 0.3 is 0 Å². The summed E-state index contributed by atoms with van der Waals surface area (Å²) in [7, 11) is 0. The van der Waals surface area contributed by atoms with E-state index < -0.39 is 0 Å². The summed E-state index contributed by atoms with van der Waals surface area (Å²) in [6.45, 7) is 0. The van der Waals surface area contributed by atoms with E-state index in [0.29, 0.717) is 6.42 Å². The van der Waals surface area contributed by atoms with Crippen LogP contribution in [0.1, 0.15) is 36.1 Å². The number of imidazole rings is 1. The van der Waals surface area contributed by atoms with Gasteiger partial charge < -0.3 is 5.32 Å². The predicted molar refractivity (Wildman–Crippen MR) is 116 cm³/mol. The molecule has 3 heterocycles. The number of aromatic nitrogens is 3. The zero-order valence-corrected chi connectivity index (χ0v) is 16.3. The number of ketones is 1. The van der Waals surface area contributed by atoms with Crippen LogP contribution in [0.5, 0.6) is 0 Å². The number of nitrogens with one attached hydrogen (secondary N) is 1. The highest BCUT2D eigenvalue weighted by Gasteiger charge is 2.40. The molecule has 2 atom stereocenters. The van der Waals surface area contributed by atoms with Crippen molar-refractivity contribution in [1.82, 2.24) is 14.5 Å². The van der Waals surface area contributed by atoms with Crippen LogP contribution >= 0.6 is 0 Å². The van der Waals surface area contributed by atoms with Gasteiger partial charge in [-0.05, 0) is 42.2 Å². The predicted octanol–water partition coefficient (Wildman–Crippen LogP) is 4.85. The minimum atomic E-state index is -0.269. The van der Waals surface area contributed by atoms with Gasteiger partial charge in [0.1, 0.15) is 6.04 Å². The van der Waals surface area contributed by atoms with E-state index in [0.717, 1.165) is 40.4 Å². The average molecular weight is 392 g/mol. The number of nitrogens with zero attached hydrogens (tertiary/aromatic N) is 3. The first kappa shape index (κ1) is 17.2. The van der Waals surface area contributed by atoms with Crippen molar-refractivity contribution in [1.29, 1.82) is 0 Å². The van der Waals surface area contributed by atoms with Gasteiger partial charge in [0.05, 0.1) is 16.7 Å². The van der Waals surface area contributed by atoms with Gasteiger partial charge in [-0.1, -0.05) is 48.5 Å². The lowest BCUT2D eigenvalue weighted by Crippen LogP contribution is -2.33. The van der Waals surface area contributed by atoms with Gasteiger partial charge in [-0.25, -0.2) is 4.98 Å². The molecular formula is C25H20N4O. The van der Waals surface area contributed by atoms with Gasteiger partial charge in [0.15, 0.2) is 5.78 Å². The van der Waals surface area contributed by atoms with Crippen LogP contribution in [0.3, 0.4) is 0 Å². The standard InChI is InChI=1S/C25H20N4O/c30-22-15-17(16-8-2-1-3-9-16)14-20-23(22)24(19-11-6-7-13-26-19)29-21-12-5-4-10-18(21)27-25(29)28-20/h1-13,17,24H,14-15H2,(H,27,28)/t17-,24-/m1/s1. The van der Waals surface area contributed by atoms with E-state index in [4.69, 9.17) is 4.98 Å². The lowest BCUT2D eigenvalue weighted by Gasteiger charge is -2.36. The number of hydrogen-bond acceptors (Lipinski definition) is 4. The summed E-state index contributed by atoms with van der Waals surface area (Å²) in [5, 5.41) is 3.50. The first-order valence-corrected chi connectivity index (χ1v) is 10.3. The monoisotopic (exact) mass is 392 g/mol. The fourth-order valence-corrected chi connectivity index (χ4v) is 4.80. The number of hydrogen-bond donors (Lipinski definition) is 1. The van der Waals surface area contributed by atoms with Crippen molar-refractivity contribution in [2.45, 2.75) is 24.8 Å². The zero-order chi connectivity index (χ0) is 20.1. The molecular weight excluding hydrogens is 372 g/mol. The molecule has 4 aromatic rings. The molecule has 0 saturated heterocycles. The first-order valence-electron chi connectivity index (χ1n) is 10.3. The highest BCUT2D eigenvalue weighted by Crippen LogP contribution is 2.45. The second kappa shape index (κ2) is 6.66. The van der Waals surface area contributed by atoms with Crippen molar-refractivity contribution < 1.29 is 4.79 Å². The van der Waals surface area contributed by atoms with E-state index in [-0.39, 0.29) is 17.7 Å². The van der Waals surface area contributed by atoms with E-state index in [1.807, 2.05) is 54.6 Å². The minimum absolute atomic E-state index is 0.172. The molecule has 1 aliphatic heterocycles. The third-order valence-electron chi connectivity index (χ3n) is 6.14. The summed E-state index contributed by atoms with van der Waals surface area (Å²) in [5.74, 6) is 1.12. The molecule has 0 saturated carbocycles. The fraction of sp³-hybridized carbons (Fsp3) is 0.160. The molecule has 1 N–H and O–H groups in total. The third-order valence-corrected chi connectivity index (χ3v) is 6.14. The van der Waals surface area contributed by atoms with Crippen molar-refractivity contribution in [2.24, 2.45) is 0 Å². The number of pyridine rings is 1. The molecule has 0 bridgehead atoms. The summed E-state index contributed by atoms with van der Waals surface area (Å²) in [4.78, 5) is 23.0. The number of para-hydroxylation sites is 2. The van der Waals surface area contributed by atoms with Gasteiger partial charge in [-0.15, -0.1) is 0 Å². The average Bonchev–Trinajstić information content (AvgIpc) is 3.17. The summed E-state index contributed by atoms with van der Waals surface area (Å²) in [6.07, 6.45) is 3.09. The smallest absolute Gasteiger partial charge is 0.209 e. The molecule has 146 valence electrons. The van der Waals surface area contributed by atoms with Crippen molar-refractivity contribution in [3.05, 3.63) is 102 Å². The quantitative estimate of drug-likeness (QED) is 0.530. The Hall–Kier alpha value is -3.73. The lowest BCUT2D eigenvalue weighted by molar-refractivity contribution is -0.116. The Labute approximate surface area is 174 Å². The maximum atomic E-state index is 13.5. The van der Waals surface area contributed by atoms with Crippen LogP contribution in [0.2, 0.25) is 0 Å². The molecule has 0 unspecified atom stereocenters. The van der Waals surface area contributed by atoms with E-state index >= 15 is 0 Å². The maximum absolute atomic E-state index is 13.5. The molecule has 5 nitrogen and oxygen atoms in total. The SMILES string of the molecule is O=C1C[C@H](c2ccccc2)CC2=C1[C@@H](c1ccccn1)n1c(nc3ccccc31)N2. The van der Waals surface area contributed by atoms with Crippen LogP contribution in [0.4, 0.5) is 5.95 Å². The third kappa shape index (κ3) is 2.59. The molecule has 0 radical (unpaired) electrons. The summed E-state index contributed by atoms with van der Waals surface area (Å²) in [5.41, 5.74) is 5.76. The number of rotatable bonds is 2. The molecule has 0 spiro atoms. The number of anilines is 1. The molecule has 2 aliphatic rings. The maximum Gasteiger partial charge on any atom is 0.209 e. The number of carbonyl (C=O) groups excluding carboxylic acids is 1. The largest absolute Gasteiger partial charge is 0.329 e. The second-order valence-corrected chi connectivity index (χ2v) is 7.91. The zero-order valence-electron chi connectivity index (χ0n) is 16.3. The minimum Gasteiger partial charge on any atom is -0.329 e. The molecule has 0 amide bonds. The highest BCUT2D eigenvalue weighted by molar-refractivity contribution is 6.01. The Kier molecular flexibility index (Phi) is 3.81. The normalized spacial score (nSPS) is 20.6. The molecule has 2 aromatic heterocycles. The van der Waals surface area contributed by atoms with Gasteiger partial charge in [0.25, 0.3) is 0 Å². The van der Waals surface area contributed by atoms with Crippen LogP contribution < -0.4 is 5.32 Å². The first-order chi connectivity index (χ1) is 14.8. The molecule has 2 aromatic carbocycles. The number of allylic oxidation sites excluding steroid dienone is 2. The van der Waals surface area contributed by atoms with Crippen molar-refractivity contribution in [3.63, 3.8) is 0 Å². The molecule has 0 fully saturated rings. The Morgan fingerprint density at radius 2 is 1.70 bits per heavy atom. The molecule has 5 heteroatoms. The van der Waals surface area contributed by atoms with Crippen LogP contribution in [-0.2, 0) is 4.79 Å². The summed E-state index contributed by atoms with van der Waals surface area (Å²) >= 11 is 0. The lowest BCUT2D eigenvalue weighted by atomic mass is 9.78. The van der Waals surface area contributed by atoms with E-state index in [1.165, 1.54) is 5.56 Å². The van der Waals surface area contributed by atoms with Gasteiger partial charge in [-0.2, -0.15) is 0 Å². The molecule has 30 heavy (non-hydrogen) atoms.